The Bertz CT molecular complexity index is 765. The molecule has 0 saturated carbocycles. The molecule has 0 bridgehead atoms. The van der Waals surface area contributed by atoms with Gasteiger partial charge < -0.3 is 55.3 Å². The zero-order valence-corrected chi connectivity index (χ0v) is 23.1. The fraction of sp³-hybridized carbons (Fsp3) is 0.958. The molecule has 1 amide bonds. The van der Waals surface area contributed by atoms with Crippen molar-refractivity contribution in [2.45, 2.75) is 112 Å². The van der Waals surface area contributed by atoms with Crippen molar-refractivity contribution in [3.8, 4) is 0 Å². The number of aliphatic hydroxyl groups is 7. The van der Waals surface area contributed by atoms with Crippen LogP contribution in [0.25, 0.3) is 0 Å². The van der Waals surface area contributed by atoms with Gasteiger partial charge in [-0.2, -0.15) is 0 Å². The van der Waals surface area contributed by atoms with Gasteiger partial charge in [0.05, 0.1) is 24.8 Å². The largest absolute Gasteiger partial charge is 0.394 e. The van der Waals surface area contributed by atoms with Gasteiger partial charge in [-0.1, -0.05) is 13.3 Å². The Morgan fingerprint density at radius 3 is 2.32 bits per heavy atom. The fourth-order valence-corrected chi connectivity index (χ4v) is 6.28. The molecule has 0 spiro atoms. The molecule has 3 saturated heterocycles. The highest BCUT2D eigenvalue weighted by Gasteiger charge is 2.51. The fourth-order valence-electron chi connectivity index (χ4n) is 5.60. The molecule has 13 nitrogen and oxygen atoms in total. The summed E-state index contributed by atoms with van der Waals surface area (Å²) in [6.07, 6.45) is -10.1. The molecular formula is C24H44N2O11S. The van der Waals surface area contributed by atoms with Gasteiger partial charge in [-0.3, -0.25) is 9.69 Å². The molecule has 3 aliphatic heterocycles. The number of carbonyl (C=O) groups excluding carboxylic acids is 1. The van der Waals surface area contributed by atoms with E-state index < -0.39 is 85.4 Å². The number of hydrogen-bond acceptors (Lipinski definition) is 13. The SMILES string of the molecule is CCC[C@@H]1C[C@@H](C(=O)N[C@@H]([C@H]2O[C@H](SC)[C@H](O)[C@@H](O)[C@H]2O)[C@@H](C)O[C@H]2O[C@H](CO)[C@@H](O)[C@H](O)[C@@H]2O)N(C)C1. The highest BCUT2D eigenvalue weighted by atomic mass is 32.2. The molecule has 0 aromatic heterocycles. The van der Waals surface area contributed by atoms with Gasteiger partial charge in [-0.25, -0.2) is 0 Å². The van der Waals surface area contributed by atoms with Crippen LogP contribution in [0.4, 0.5) is 0 Å². The van der Waals surface area contributed by atoms with E-state index >= 15 is 0 Å². The number of ether oxygens (including phenoxy) is 3. The van der Waals surface area contributed by atoms with Gasteiger partial charge in [0.1, 0.15) is 54.3 Å². The van der Waals surface area contributed by atoms with Gasteiger partial charge in [-0.15, -0.1) is 11.8 Å². The lowest BCUT2D eigenvalue weighted by molar-refractivity contribution is -0.315. The standard InChI is InChI=1S/C24H44N2O11S/c1-5-6-11-7-12(26(3)8-11)22(34)25-14(21-18(31)17(30)20(33)24(37-21)38-4)10(2)35-23-19(32)16(29)15(28)13(9-27)36-23/h10-21,23-24,27-33H,5-9H2,1-4H3,(H,25,34)/t10-,11-,12+,13-,14-,15-,16+,17+,18-,19+,20-,21-,23+,24-/m1/s1. The molecule has 14 atom stereocenters. The van der Waals surface area contributed by atoms with E-state index in [0.29, 0.717) is 12.3 Å². The Kier molecular flexibility index (Phi) is 11.6. The smallest absolute Gasteiger partial charge is 0.237 e. The number of thioether (sulfide) groups is 1. The molecule has 3 fully saturated rings. The lowest BCUT2D eigenvalue weighted by Gasteiger charge is -2.46. The van der Waals surface area contributed by atoms with E-state index in [1.165, 1.54) is 6.92 Å². The van der Waals surface area contributed by atoms with Gasteiger partial charge in [0.15, 0.2) is 6.29 Å². The first kappa shape index (κ1) is 31.9. The van der Waals surface area contributed by atoms with Crippen LogP contribution in [0.15, 0.2) is 0 Å². The molecule has 38 heavy (non-hydrogen) atoms. The van der Waals surface area contributed by atoms with Crippen LogP contribution < -0.4 is 5.32 Å². The van der Waals surface area contributed by atoms with Crippen LogP contribution in [0, 0.1) is 5.92 Å². The summed E-state index contributed by atoms with van der Waals surface area (Å²) in [7, 11) is 1.86. The average Bonchev–Trinajstić information content (AvgIpc) is 3.26. The third-order valence-electron chi connectivity index (χ3n) is 7.84. The average molecular weight is 569 g/mol. The number of hydrogen-bond donors (Lipinski definition) is 8. The maximum Gasteiger partial charge on any atom is 0.237 e. The topological polar surface area (TPSA) is 202 Å². The normalized spacial score (nSPS) is 44.1. The van der Waals surface area contributed by atoms with Gasteiger partial charge in [0.25, 0.3) is 0 Å². The van der Waals surface area contributed by atoms with E-state index in [2.05, 4.69) is 12.2 Å². The molecule has 8 N–H and O–H groups in total. The second-order valence-corrected chi connectivity index (χ2v) is 11.5. The lowest BCUT2D eigenvalue weighted by atomic mass is 9.91. The number of carbonyl (C=O) groups is 1. The Morgan fingerprint density at radius 2 is 1.71 bits per heavy atom. The summed E-state index contributed by atoms with van der Waals surface area (Å²) < 4.78 is 17.3. The first-order valence-electron chi connectivity index (χ1n) is 13.1. The highest BCUT2D eigenvalue weighted by molar-refractivity contribution is 7.99. The molecule has 0 radical (unpaired) electrons. The van der Waals surface area contributed by atoms with E-state index in [4.69, 9.17) is 14.2 Å². The number of amides is 1. The summed E-state index contributed by atoms with van der Waals surface area (Å²) in [5, 5.41) is 74.7. The molecule has 3 heterocycles. The summed E-state index contributed by atoms with van der Waals surface area (Å²) in [4.78, 5) is 15.4. The quantitative estimate of drug-likeness (QED) is 0.132. The number of likely N-dealkylation sites (tertiary alicyclic amines) is 1. The first-order chi connectivity index (χ1) is 17.9. The number of nitrogens with zero attached hydrogens (tertiary/aromatic N) is 1. The molecule has 3 rings (SSSR count). The van der Waals surface area contributed by atoms with Crippen LogP contribution in [0.3, 0.4) is 0 Å². The van der Waals surface area contributed by atoms with Crippen molar-refractivity contribution < 1.29 is 54.8 Å². The van der Waals surface area contributed by atoms with Gasteiger partial charge in [-0.05, 0) is 39.0 Å². The zero-order valence-electron chi connectivity index (χ0n) is 22.2. The van der Waals surface area contributed by atoms with E-state index in [1.54, 1.807) is 6.26 Å². The zero-order chi connectivity index (χ0) is 28.3. The summed E-state index contributed by atoms with van der Waals surface area (Å²) in [6, 6.07) is -1.53. The van der Waals surface area contributed by atoms with E-state index in [9.17, 15) is 40.5 Å². The van der Waals surface area contributed by atoms with Crippen molar-refractivity contribution in [3.63, 3.8) is 0 Å². The Balaban J connectivity index is 1.83. The molecule has 0 aliphatic carbocycles. The molecule has 14 heteroatoms. The Labute approximate surface area is 227 Å². The van der Waals surface area contributed by atoms with Crippen molar-refractivity contribution >= 4 is 17.7 Å². The van der Waals surface area contributed by atoms with Crippen molar-refractivity contribution in [2.24, 2.45) is 5.92 Å². The van der Waals surface area contributed by atoms with Crippen LogP contribution in [0.2, 0.25) is 0 Å². The van der Waals surface area contributed by atoms with E-state index in [1.807, 2.05) is 11.9 Å². The number of likely N-dealkylation sites (N-methyl/N-ethyl adjacent to an activating group) is 1. The monoisotopic (exact) mass is 568 g/mol. The predicted octanol–water partition coefficient (Wildman–Crippen LogP) is -3.03. The van der Waals surface area contributed by atoms with Crippen LogP contribution in [-0.4, -0.2) is 152 Å². The van der Waals surface area contributed by atoms with Crippen LogP contribution >= 0.6 is 11.8 Å². The molecule has 222 valence electrons. The number of aliphatic hydroxyl groups excluding tert-OH is 7. The third-order valence-corrected chi connectivity index (χ3v) is 8.69. The van der Waals surface area contributed by atoms with E-state index in [0.717, 1.165) is 31.1 Å². The third kappa shape index (κ3) is 6.81. The summed E-state index contributed by atoms with van der Waals surface area (Å²) in [6.45, 7) is 3.74. The molecular weight excluding hydrogens is 524 g/mol. The Hall–Kier alpha value is -0.620. The lowest BCUT2D eigenvalue weighted by Crippen LogP contribution is -2.67. The minimum Gasteiger partial charge on any atom is -0.394 e. The minimum atomic E-state index is -1.68. The minimum absolute atomic E-state index is 0.336. The van der Waals surface area contributed by atoms with Gasteiger partial charge in [0.2, 0.25) is 5.91 Å². The van der Waals surface area contributed by atoms with Crippen molar-refractivity contribution in [2.75, 3.05) is 26.5 Å². The van der Waals surface area contributed by atoms with Crippen molar-refractivity contribution in [1.29, 1.82) is 0 Å². The molecule has 0 aromatic carbocycles. The highest BCUT2D eigenvalue weighted by Crippen LogP contribution is 2.32. The Morgan fingerprint density at radius 1 is 1.05 bits per heavy atom. The number of nitrogens with one attached hydrogen (secondary N) is 1. The predicted molar refractivity (Wildman–Crippen MR) is 136 cm³/mol. The molecule has 0 aromatic rings. The second kappa shape index (κ2) is 13.8. The van der Waals surface area contributed by atoms with Gasteiger partial charge >= 0.3 is 0 Å². The molecule has 3 aliphatic rings. The van der Waals surface area contributed by atoms with Crippen LogP contribution in [0.5, 0.6) is 0 Å². The van der Waals surface area contributed by atoms with Crippen LogP contribution in [-0.2, 0) is 19.0 Å². The second-order valence-electron chi connectivity index (χ2n) is 10.6. The van der Waals surface area contributed by atoms with Crippen LogP contribution in [0.1, 0.15) is 33.1 Å². The molecule has 0 unspecified atom stereocenters. The summed E-state index contributed by atoms with van der Waals surface area (Å²) in [5.41, 5.74) is -0.902. The van der Waals surface area contributed by atoms with Crippen molar-refractivity contribution in [3.05, 3.63) is 0 Å². The van der Waals surface area contributed by atoms with E-state index in [-0.39, 0.29) is 5.91 Å². The first-order valence-corrected chi connectivity index (χ1v) is 14.4. The summed E-state index contributed by atoms with van der Waals surface area (Å²) in [5.74, 6) is 0.0221. The maximum atomic E-state index is 13.5. The van der Waals surface area contributed by atoms with Crippen molar-refractivity contribution in [1.82, 2.24) is 10.2 Å². The maximum absolute atomic E-state index is 13.5. The summed E-state index contributed by atoms with van der Waals surface area (Å²) >= 11 is 1.12. The van der Waals surface area contributed by atoms with Gasteiger partial charge in [0, 0.05) is 6.54 Å². The number of rotatable bonds is 10.